The predicted octanol–water partition coefficient (Wildman–Crippen LogP) is 5.62. The van der Waals surface area contributed by atoms with Crippen molar-refractivity contribution in [1.29, 1.82) is 0 Å². The van der Waals surface area contributed by atoms with E-state index in [1.54, 1.807) is 6.20 Å². The van der Waals surface area contributed by atoms with Gasteiger partial charge < -0.3 is 4.42 Å². The highest BCUT2D eigenvalue weighted by Gasteiger charge is 2.15. The Hall–Kier alpha value is -3.70. The lowest BCUT2D eigenvalue weighted by Gasteiger charge is -2.15. The molecule has 0 bridgehead atoms. The Morgan fingerprint density at radius 1 is 0.903 bits per heavy atom. The van der Waals surface area contributed by atoms with Crippen molar-refractivity contribution >= 4 is 10.8 Å². The molecule has 0 atom stereocenters. The largest absolute Gasteiger partial charge is 0.441 e. The van der Waals surface area contributed by atoms with E-state index in [2.05, 4.69) is 77.7 Å². The highest BCUT2D eigenvalue weighted by molar-refractivity contribution is 5.94. The van der Waals surface area contributed by atoms with Gasteiger partial charge in [0.1, 0.15) is 5.76 Å². The summed E-state index contributed by atoms with van der Waals surface area (Å²) < 4.78 is 7.93. The van der Waals surface area contributed by atoms with Crippen molar-refractivity contribution in [2.45, 2.75) is 20.0 Å². The average molecular weight is 409 g/mol. The minimum Gasteiger partial charge on any atom is -0.441 e. The summed E-state index contributed by atoms with van der Waals surface area (Å²) >= 11 is 0. The number of benzene rings is 3. The van der Waals surface area contributed by atoms with Crippen LogP contribution in [0.25, 0.3) is 27.9 Å². The molecule has 0 spiro atoms. The molecule has 2 heterocycles. The summed E-state index contributed by atoms with van der Waals surface area (Å²) in [5.74, 6) is 1.55. The zero-order valence-electron chi connectivity index (χ0n) is 17.7. The van der Waals surface area contributed by atoms with Crippen molar-refractivity contribution in [3.8, 4) is 17.1 Å². The summed E-state index contributed by atoms with van der Waals surface area (Å²) in [5, 5.41) is 6.62. The first kappa shape index (κ1) is 19.3. The van der Waals surface area contributed by atoms with Crippen LogP contribution in [-0.4, -0.2) is 26.7 Å². The second-order valence-electron chi connectivity index (χ2n) is 7.84. The van der Waals surface area contributed by atoms with Gasteiger partial charge in [-0.1, -0.05) is 48.5 Å². The molecule has 0 aliphatic heterocycles. The summed E-state index contributed by atoms with van der Waals surface area (Å²) in [6.07, 6.45) is 3.73. The molecular weight excluding hydrogens is 384 g/mol. The maximum Gasteiger partial charge on any atom is 0.227 e. The van der Waals surface area contributed by atoms with Gasteiger partial charge in [0, 0.05) is 31.0 Å². The lowest BCUT2D eigenvalue weighted by molar-refractivity contribution is 0.313. The van der Waals surface area contributed by atoms with E-state index in [4.69, 9.17) is 9.40 Å². The number of aromatic nitrogens is 3. The Morgan fingerprint density at radius 3 is 2.52 bits per heavy atom. The smallest absolute Gasteiger partial charge is 0.227 e. The van der Waals surface area contributed by atoms with Crippen molar-refractivity contribution in [3.05, 3.63) is 102 Å². The van der Waals surface area contributed by atoms with Gasteiger partial charge >= 0.3 is 0 Å². The number of hydrogen-bond acceptors (Lipinski definition) is 4. The van der Waals surface area contributed by atoms with E-state index in [-0.39, 0.29) is 0 Å². The molecule has 0 N–H and O–H groups in total. The summed E-state index contributed by atoms with van der Waals surface area (Å²) in [4.78, 5) is 7.09. The highest BCUT2D eigenvalue weighted by atomic mass is 16.4. The summed E-state index contributed by atoms with van der Waals surface area (Å²) in [6.45, 7) is 3.54. The molecule has 0 fully saturated rings. The van der Waals surface area contributed by atoms with Crippen molar-refractivity contribution in [1.82, 2.24) is 19.7 Å². The molecule has 0 saturated heterocycles. The summed E-state index contributed by atoms with van der Waals surface area (Å²) in [5.41, 5.74) is 4.31. The quantitative estimate of drug-likeness (QED) is 0.366. The van der Waals surface area contributed by atoms with Gasteiger partial charge in [-0.25, -0.2) is 9.67 Å². The van der Waals surface area contributed by atoms with E-state index in [9.17, 15) is 0 Å². The molecule has 0 saturated carbocycles. The SMILES string of the molecule is Cc1oc(-c2cccc3ccccc23)nc1CN(C)Cc1ccc(-n2cccn2)cc1. The van der Waals surface area contributed by atoms with E-state index in [1.807, 2.05) is 29.9 Å². The van der Waals surface area contributed by atoms with Crippen LogP contribution < -0.4 is 0 Å². The third kappa shape index (κ3) is 4.00. The predicted molar refractivity (Wildman–Crippen MR) is 123 cm³/mol. The first-order valence-electron chi connectivity index (χ1n) is 10.4. The van der Waals surface area contributed by atoms with Crippen LogP contribution in [0.1, 0.15) is 17.0 Å². The zero-order chi connectivity index (χ0) is 21.2. The van der Waals surface area contributed by atoms with E-state index in [1.165, 1.54) is 10.9 Å². The molecule has 3 aromatic carbocycles. The fourth-order valence-corrected chi connectivity index (χ4v) is 3.90. The van der Waals surface area contributed by atoms with Crippen LogP contribution in [0.5, 0.6) is 0 Å². The Balaban J connectivity index is 1.32. The molecule has 5 heteroatoms. The summed E-state index contributed by atoms with van der Waals surface area (Å²) in [7, 11) is 2.10. The van der Waals surface area contributed by atoms with E-state index >= 15 is 0 Å². The first-order chi connectivity index (χ1) is 15.2. The van der Waals surface area contributed by atoms with Crippen molar-refractivity contribution in [2.75, 3.05) is 7.05 Å². The van der Waals surface area contributed by atoms with Crippen LogP contribution in [0.4, 0.5) is 0 Å². The number of oxazole rings is 1. The van der Waals surface area contributed by atoms with E-state index < -0.39 is 0 Å². The van der Waals surface area contributed by atoms with Gasteiger partial charge in [0.25, 0.3) is 0 Å². The van der Waals surface area contributed by atoms with Crippen LogP contribution in [0, 0.1) is 6.92 Å². The maximum absolute atomic E-state index is 6.07. The molecule has 2 aromatic heterocycles. The number of hydrogen-bond donors (Lipinski definition) is 0. The maximum atomic E-state index is 6.07. The lowest BCUT2D eigenvalue weighted by Crippen LogP contribution is -2.18. The van der Waals surface area contributed by atoms with Crippen LogP contribution in [0.2, 0.25) is 0 Å². The molecule has 0 unspecified atom stereocenters. The van der Waals surface area contributed by atoms with Crippen LogP contribution in [0.15, 0.2) is 89.6 Å². The highest BCUT2D eigenvalue weighted by Crippen LogP contribution is 2.29. The molecule has 5 nitrogen and oxygen atoms in total. The average Bonchev–Trinajstić information content (AvgIpc) is 3.44. The van der Waals surface area contributed by atoms with E-state index in [0.29, 0.717) is 5.89 Å². The third-order valence-corrected chi connectivity index (χ3v) is 5.49. The Bertz CT molecular complexity index is 1300. The van der Waals surface area contributed by atoms with Crippen LogP contribution in [0.3, 0.4) is 0 Å². The second-order valence-corrected chi connectivity index (χ2v) is 7.84. The van der Waals surface area contributed by atoms with Crippen LogP contribution >= 0.6 is 0 Å². The van der Waals surface area contributed by atoms with Gasteiger partial charge in [-0.05, 0) is 54.6 Å². The molecule has 5 rings (SSSR count). The fourth-order valence-electron chi connectivity index (χ4n) is 3.90. The van der Waals surface area contributed by atoms with Gasteiger partial charge in [-0.2, -0.15) is 5.10 Å². The molecule has 0 amide bonds. The van der Waals surface area contributed by atoms with Gasteiger partial charge in [-0.3, -0.25) is 4.90 Å². The van der Waals surface area contributed by atoms with Crippen molar-refractivity contribution < 1.29 is 4.42 Å². The molecule has 154 valence electrons. The molecule has 0 aliphatic rings. The minimum absolute atomic E-state index is 0.682. The van der Waals surface area contributed by atoms with Gasteiger partial charge in [-0.15, -0.1) is 0 Å². The van der Waals surface area contributed by atoms with Crippen LogP contribution in [-0.2, 0) is 13.1 Å². The fraction of sp³-hybridized carbons (Fsp3) is 0.154. The van der Waals surface area contributed by atoms with Gasteiger partial charge in [0.05, 0.1) is 11.4 Å². The normalized spacial score (nSPS) is 11.5. The Morgan fingerprint density at radius 2 is 1.71 bits per heavy atom. The molecule has 0 aliphatic carbocycles. The lowest BCUT2D eigenvalue weighted by atomic mass is 10.0. The number of aryl methyl sites for hydroxylation is 1. The topological polar surface area (TPSA) is 47.1 Å². The zero-order valence-corrected chi connectivity index (χ0v) is 17.7. The van der Waals surface area contributed by atoms with Crippen molar-refractivity contribution in [2.24, 2.45) is 0 Å². The second kappa shape index (κ2) is 8.20. The van der Waals surface area contributed by atoms with Gasteiger partial charge in [0.15, 0.2) is 0 Å². The Labute approximate surface area is 181 Å². The Kier molecular flexibility index (Phi) is 5.10. The molecule has 0 radical (unpaired) electrons. The molecule has 31 heavy (non-hydrogen) atoms. The first-order valence-corrected chi connectivity index (χ1v) is 10.4. The number of fused-ring (bicyclic) bond motifs is 1. The van der Waals surface area contributed by atoms with E-state index in [0.717, 1.165) is 41.2 Å². The summed E-state index contributed by atoms with van der Waals surface area (Å²) in [6, 6.07) is 25.0. The molecular formula is C26H24N4O. The van der Waals surface area contributed by atoms with Gasteiger partial charge in [0.2, 0.25) is 5.89 Å². The number of rotatable bonds is 6. The standard InChI is InChI=1S/C26H24N4O/c1-19-25(28-26(31-19)24-10-5-8-21-7-3-4-9-23(21)24)18-29(2)17-20-11-13-22(14-12-20)30-16-6-15-27-30/h3-16H,17-18H2,1-2H3. The third-order valence-electron chi connectivity index (χ3n) is 5.49. The number of nitrogens with zero attached hydrogens (tertiary/aromatic N) is 4. The molecule has 5 aromatic rings. The van der Waals surface area contributed by atoms with Crippen molar-refractivity contribution in [3.63, 3.8) is 0 Å². The monoisotopic (exact) mass is 408 g/mol. The minimum atomic E-state index is 0.682.